The van der Waals surface area contributed by atoms with Crippen LogP contribution in [0.1, 0.15) is 421 Å². The third-order valence-electron chi connectivity index (χ3n) is 19.4. The summed E-state index contributed by atoms with van der Waals surface area (Å²) in [6.45, 7) is 14.2. The van der Waals surface area contributed by atoms with Crippen LogP contribution in [0.5, 0.6) is 0 Å². The predicted molar refractivity (Wildman–Crippen MR) is 414 cm³/mol. The van der Waals surface area contributed by atoms with Crippen molar-refractivity contribution in [2.45, 2.75) is 440 Å². The van der Waals surface area contributed by atoms with Gasteiger partial charge in [-0.3, -0.25) is 37.3 Å². The Morgan fingerprint density at radius 1 is 0.277 bits per heavy atom. The molecule has 0 rings (SSSR count). The van der Waals surface area contributed by atoms with Crippen molar-refractivity contribution in [3.63, 3.8) is 0 Å². The lowest BCUT2D eigenvalue weighted by Gasteiger charge is -2.21. The number of carbonyl (C=O) groups is 4. The number of carbonyl (C=O) groups excluding carboxylic acids is 4. The monoisotopic (exact) mass is 1480 g/mol. The number of aliphatic hydroxyl groups excluding tert-OH is 1. The van der Waals surface area contributed by atoms with Gasteiger partial charge in [0.25, 0.3) is 0 Å². The summed E-state index contributed by atoms with van der Waals surface area (Å²) in [5.74, 6) is 0.982. The third kappa shape index (κ3) is 74.7. The number of rotatable bonds is 79. The van der Waals surface area contributed by atoms with Gasteiger partial charge in [0.05, 0.1) is 26.4 Å². The summed E-state index contributed by atoms with van der Waals surface area (Å²) < 4.78 is 68.7. The number of hydrogen-bond acceptors (Lipinski definition) is 15. The van der Waals surface area contributed by atoms with Crippen molar-refractivity contribution in [1.82, 2.24) is 0 Å². The molecule has 0 aromatic carbocycles. The van der Waals surface area contributed by atoms with Crippen LogP contribution in [0.3, 0.4) is 0 Å². The number of ether oxygens (including phenoxy) is 4. The van der Waals surface area contributed by atoms with Gasteiger partial charge in [0, 0.05) is 25.7 Å². The van der Waals surface area contributed by atoms with E-state index in [0.717, 1.165) is 108 Å². The Bertz CT molecular complexity index is 1970. The van der Waals surface area contributed by atoms with Gasteiger partial charge in [-0.25, -0.2) is 9.13 Å². The highest BCUT2D eigenvalue weighted by atomic mass is 31.2. The van der Waals surface area contributed by atoms with E-state index in [-0.39, 0.29) is 25.7 Å². The van der Waals surface area contributed by atoms with Crippen molar-refractivity contribution < 1.29 is 80.2 Å². The fourth-order valence-electron chi connectivity index (χ4n) is 12.6. The van der Waals surface area contributed by atoms with E-state index in [1.807, 2.05) is 0 Å². The molecular formula is C82H160O17P2. The van der Waals surface area contributed by atoms with Crippen molar-refractivity contribution in [1.29, 1.82) is 0 Å². The van der Waals surface area contributed by atoms with Crippen LogP contribution in [0.25, 0.3) is 0 Å². The summed E-state index contributed by atoms with van der Waals surface area (Å²) in [5.41, 5.74) is 0. The summed E-state index contributed by atoms with van der Waals surface area (Å²) in [6.07, 6.45) is 58.5. The molecule has 0 aromatic heterocycles. The van der Waals surface area contributed by atoms with Crippen LogP contribution in [0, 0.1) is 23.7 Å². The van der Waals surface area contributed by atoms with Crippen LogP contribution in [-0.2, 0) is 65.4 Å². The SMILES string of the molecule is CCC(C)CCCCCCCCCCCCCCCCCCCCC(=O)OC[C@H](COP(=O)(O)OCC(O)COP(=O)(O)OC[C@@H](COC(=O)CCCCCCCCCCC(C)C)OC(=O)CCCCCCCCCC(C)C)OC(=O)CCCCCCCCCCCCCCCCCC(C)C. The molecular weight excluding hydrogens is 1320 g/mol. The Labute approximate surface area is 619 Å². The van der Waals surface area contributed by atoms with Gasteiger partial charge in [-0.15, -0.1) is 0 Å². The highest BCUT2D eigenvalue weighted by Crippen LogP contribution is 2.45. The van der Waals surface area contributed by atoms with E-state index in [0.29, 0.717) is 31.6 Å². The summed E-state index contributed by atoms with van der Waals surface area (Å²) in [6, 6.07) is 0. The quantitative estimate of drug-likeness (QED) is 0.0222. The first-order chi connectivity index (χ1) is 48.6. The van der Waals surface area contributed by atoms with E-state index in [2.05, 4.69) is 55.4 Å². The summed E-state index contributed by atoms with van der Waals surface area (Å²) in [7, 11) is -9.92. The van der Waals surface area contributed by atoms with Crippen molar-refractivity contribution in [3.05, 3.63) is 0 Å². The number of phosphoric ester groups is 2. The van der Waals surface area contributed by atoms with E-state index in [4.69, 9.17) is 37.0 Å². The number of aliphatic hydroxyl groups is 1. The Hall–Kier alpha value is -1.94. The molecule has 0 aliphatic carbocycles. The van der Waals surface area contributed by atoms with Crippen LogP contribution in [0.4, 0.5) is 0 Å². The normalized spacial score (nSPS) is 14.3. The average molecular weight is 1480 g/mol. The number of esters is 4. The highest BCUT2D eigenvalue weighted by Gasteiger charge is 2.30. The van der Waals surface area contributed by atoms with E-state index < -0.39 is 97.5 Å². The van der Waals surface area contributed by atoms with Gasteiger partial charge in [-0.05, 0) is 49.4 Å². The van der Waals surface area contributed by atoms with Gasteiger partial charge in [-0.1, -0.05) is 370 Å². The largest absolute Gasteiger partial charge is 0.472 e. The Balaban J connectivity index is 5.19. The summed E-state index contributed by atoms with van der Waals surface area (Å²) in [4.78, 5) is 73.0. The first-order valence-corrected chi connectivity index (χ1v) is 45.2. The lowest BCUT2D eigenvalue weighted by Crippen LogP contribution is -2.30. The second-order valence-electron chi connectivity index (χ2n) is 31.2. The molecule has 0 aromatic rings. The minimum atomic E-state index is -4.96. The Morgan fingerprint density at radius 2 is 0.475 bits per heavy atom. The van der Waals surface area contributed by atoms with Crippen LogP contribution >= 0.6 is 15.6 Å². The fraction of sp³-hybridized carbons (Fsp3) is 0.951. The van der Waals surface area contributed by atoms with Crippen molar-refractivity contribution in [3.8, 4) is 0 Å². The zero-order valence-electron chi connectivity index (χ0n) is 66.5. The molecule has 0 radical (unpaired) electrons. The van der Waals surface area contributed by atoms with Gasteiger partial charge in [0.15, 0.2) is 12.2 Å². The van der Waals surface area contributed by atoms with Gasteiger partial charge < -0.3 is 33.8 Å². The van der Waals surface area contributed by atoms with Crippen LogP contribution < -0.4 is 0 Å². The molecule has 0 amide bonds. The van der Waals surface area contributed by atoms with E-state index in [9.17, 15) is 43.2 Å². The molecule has 0 aliphatic heterocycles. The number of unbranched alkanes of at least 4 members (excludes halogenated alkanes) is 44. The first kappa shape index (κ1) is 99.1. The van der Waals surface area contributed by atoms with E-state index >= 15 is 0 Å². The minimum Gasteiger partial charge on any atom is -0.462 e. The Kier molecular flexibility index (Phi) is 69.6. The van der Waals surface area contributed by atoms with E-state index in [1.54, 1.807) is 0 Å². The second-order valence-corrected chi connectivity index (χ2v) is 34.1. The maximum absolute atomic E-state index is 13.1. The molecule has 0 bridgehead atoms. The predicted octanol–water partition coefficient (Wildman–Crippen LogP) is 24.4. The molecule has 6 atom stereocenters. The first-order valence-electron chi connectivity index (χ1n) is 42.2. The molecule has 19 heteroatoms. The van der Waals surface area contributed by atoms with Gasteiger partial charge >= 0.3 is 39.5 Å². The maximum atomic E-state index is 13.1. The van der Waals surface area contributed by atoms with Crippen molar-refractivity contribution >= 4 is 39.5 Å². The third-order valence-corrected chi connectivity index (χ3v) is 21.3. The van der Waals surface area contributed by atoms with Gasteiger partial charge in [0.2, 0.25) is 0 Å². The highest BCUT2D eigenvalue weighted by molar-refractivity contribution is 7.47. The van der Waals surface area contributed by atoms with Crippen molar-refractivity contribution in [2.75, 3.05) is 39.6 Å². The van der Waals surface area contributed by atoms with E-state index in [1.165, 1.54) is 225 Å². The second kappa shape index (κ2) is 71.0. The molecule has 0 saturated carbocycles. The smallest absolute Gasteiger partial charge is 0.462 e. The van der Waals surface area contributed by atoms with Crippen LogP contribution in [-0.4, -0.2) is 96.7 Å². The molecule has 3 N–H and O–H groups in total. The molecule has 0 fully saturated rings. The zero-order valence-corrected chi connectivity index (χ0v) is 68.3. The standard InChI is InChI=1S/C82H160O17P2/c1-9-75(8)61-53-45-37-28-24-20-16-12-10-11-13-17-21-25-29-38-46-54-62-79(84)92-68-77(98-81(86)64-56-48-40-30-26-22-18-14-15-19-23-27-34-42-50-58-72(2)3)70-96-100(88,89)94-66-76(83)67-95-101(90,91)97-71-78(99-82(87)65-57-49-41-33-36-44-52-60-74(6)7)69-93-80(85)63-55-47-39-32-31-35-43-51-59-73(4)5/h72-78,83H,9-71H2,1-8H3,(H,88,89)(H,90,91)/t75?,76?,77-,78-/m1/s1. The zero-order chi connectivity index (χ0) is 74.6. The summed E-state index contributed by atoms with van der Waals surface area (Å²) >= 11 is 0. The van der Waals surface area contributed by atoms with Crippen LogP contribution in [0.15, 0.2) is 0 Å². The molecule has 4 unspecified atom stereocenters. The molecule has 17 nitrogen and oxygen atoms in total. The van der Waals surface area contributed by atoms with Crippen molar-refractivity contribution in [2.24, 2.45) is 23.7 Å². The Morgan fingerprint density at radius 3 is 0.703 bits per heavy atom. The maximum Gasteiger partial charge on any atom is 0.472 e. The van der Waals surface area contributed by atoms with Gasteiger partial charge in [-0.2, -0.15) is 0 Å². The molecule has 101 heavy (non-hydrogen) atoms. The molecule has 0 aliphatic rings. The number of hydrogen-bond donors (Lipinski definition) is 3. The lowest BCUT2D eigenvalue weighted by molar-refractivity contribution is -0.161. The lowest BCUT2D eigenvalue weighted by atomic mass is 9.99. The van der Waals surface area contributed by atoms with Crippen LogP contribution in [0.2, 0.25) is 0 Å². The number of phosphoric acid groups is 2. The fourth-order valence-corrected chi connectivity index (χ4v) is 14.2. The van der Waals surface area contributed by atoms with Gasteiger partial charge in [0.1, 0.15) is 19.3 Å². The summed E-state index contributed by atoms with van der Waals surface area (Å²) in [5, 5.41) is 10.6. The molecule has 0 spiro atoms. The minimum absolute atomic E-state index is 0.103. The molecule has 600 valence electrons. The topological polar surface area (TPSA) is 237 Å². The molecule has 0 saturated heterocycles. The average Bonchev–Trinajstić information content (AvgIpc) is 1.01. The molecule has 0 heterocycles.